The number of nitrogens with zero attached hydrogens (tertiary/aromatic N) is 3. The Morgan fingerprint density at radius 2 is 2.27 bits per heavy atom. The lowest BCUT2D eigenvalue weighted by Gasteiger charge is -2.06. The third kappa shape index (κ3) is 1.47. The highest BCUT2D eigenvalue weighted by atomic mass is 79.9. The van der Waals surface area contributed by atoms with Crippen LogP contribution in [0.15, 0.2) is 16.9 Å². The van der Waals surface area contributed by atoms with Gasteiger partial charge in [-0.3, -0.25) is 0 Å². The molecule has 0 aromatic carbocycles. The van der Waals surface area contributed by atoms with Gasteiger partial charge in [-0.1, -0.05) is 0 Å². The van der Waals surface area contributed by atoms with E-state index in [9.17, 15) is 0 Å². The van der Waals surface area contributed by atoms with Crippen molar-refractivity contribution in [2.75, 3.05) is 7.11 Å². The minimum Gasteiger partial charge on any atom is -0.494 e. The van der Waals surface area contributed by atoms with Crippen LogP contribution in [0.25, 0.3) is 5.65 Å². The van der Waals surface area contributed by atoms with Crippen LogP contribution in [-0.2, 0) is 0 Å². The summed E-state index contributed by atoms with van der Waals surface area (Å²) < 4.78 is 7.71. The van der Waals surface area contributed by atoms with Gasteiger partial charge in [0.05, 0.1) is 17.3 Å². The van der Waals surface area contributed by atoms with Crippen LogP contribution in [0.3, 0.4) is 0 Å². The van der Waals surface area contributed by atoms with Crippen LogP contribution in [-0.4, -0.2) is 16.5 Å². The zero-order valence-corrected chi connectivity index (χ0v) is 9.87. The van der Waals surface area contributed by atoms with E-state index in [1.807, 2.05) is 19.3 Å². The molecular weight excluding hydrogens is 258 g/mol. The van der Waals surface area contributed by atoms with E-state index in [1.165, 1.54) is 7.11 Å². The fourth-order valence-electron chi connectivity index (χ4n) is 1.50. The highest BCUT2D eigenvalue weighted by molar-refractivity contribution is 9.10. The molecule has 5 heteroatoms. The van der Waals surface area contributed by atoms with Crippen LogP contribution in [0.4, 0.5) is 0 Å². The molecule has 0 aliphatic heterocycles. The molecule has 0 radical (unpaired) electrons. The largest absolute Gasteiger partial charge is 0.494 e. The highest BCUT2D eigenvalue weighted by Gasteiger charge is 2.14. The van der Waals surface area contributed by atoms with Crippen molar-refractivity contribution in [1.29, 1.82) is 5.26 Å². The number of aryl methyl sites for hydroxylation is 1. The molecule has 0 saturated heterocycles. The lowest BCUT2D eigenvalue weighted by molar-refractivity contribution is 0.410. The van der Waals surface area contributed by atoms with Gasteiger partial charge in [0.15, 0.2) is 11.4 Å². The predicted molar refractivity (Wildman–Crippen MR) is 58.9 cm³/mol. The molecule has 0 N–H and O–H groups in total. The van der Waals surface area contributed by atoms with Crippen molar-refractivity contribution in [2.24, 2.45) is 0 Å². The molecular formula is C10H8BrN3O. The SMILES string of the molecule is COc1c(Br)cn2cc(C)nc2c1C#N. The van der Waals surface area contributed by atoms with Crippen molar-refractivity contribution in [3.05, 3.63) is 28.1 Å². The third-order valence-electron chi connectivity index (χ3n) is 2.09. The van der Waals surface area contributed by atoms with Crippen molar-refractivity contribution >= 4 is 21.6 Å². The monoisotopic (exact) mass is 265 g/mol. The number of rotatable bonds is 1. The number of hydrogen-bond acceptors (Lipinski definition) is 3. The van der Waals surface area contributed by atoms with Gasteiger partial charge in [0.1, 0.15) is 11.6 Å². The second-order valence-corrected chi connectivity index (χ2v) is 3.96. The van der Waals surface area contributed by atoms with Crippen LogP contribution in [0.2, 0.25) is 0 Å². The lowest BCUT2D eigenvalue weighted by Crippen LogP contribution is -1.95. The number of hydrogen-bond donors (Lipinski definition) is 0. The summed E-state index contributed by atoms with van der Waals surface area (Å²) in [4.78, 5) is 4.27. The molecule has 0 amide bonds. The van der Waals surface area contributed by atoms with E-state index >= 15 is 0 Å². The molecule has 4 nitrogen and oxygen atoms in total. The van der Waals surface area contributed by atoms with Gasteiger partial charge in [0.25, 0.3) is 0 Å². The van der Waals surface area contributed by atoms with E-state index in [4.69, 9.17) is 10.00 Å². The Morgan fingerprint density at radius 1 is 1.53 bits per heavy atom. The number of nitriles is 1. The molecule has 0 atom stereocenters. The van der Waals surface area contributed by atoms with Gasteiger partial charge in [-0.15, -0.1) is 0 Å². The molecule has 0 aliphatic rings. The Labute approximate surface area is 95.2 Å². The fourth-order valence-corrected chi connectivity index (χ4v) is 2.08. The molecule has 2 aromatic heterocycles. The first-order valence-corrected chi connectivity index (χ1v) is 5.08. The summed E-state index contributed by atoms with van der Waals surface area (Å²) in [7, 11) is 1.53. The highest BCUT2D eigenvalue weighted by Crippen LogP contribution is 2.31. The summed E-state index contributed by atoms with van der Waals surface area (Å²) in [5, 5.41) is 9.08. The summed E-state index contributed by atoms with van der Waals surface area (Å²) in [6, 6.07) is 2.11. The Balaban J connectivity index is 2.91. The van der Waals surface area contributed by atoms with Crippen LogP contribution in [0, 0.1) is 18.3 Å². The van der Waals surface area contributed by atoms with Crippen LogP contribution in [0.1, 0.15) is 11.3 Å². The number of imidazole rings is 1. The Bertz CT molecular complexity index is 568. The summed E-state index contributed by atoms with van der Waals surface area (Å²) in [6.45, 7) is 1.88. The van der Waals surface area contributed by atoms with Gasteiger partial charge >= 0.3 is 0 Å². The van der Waals surface area contributed by atoms with Gasteiger partial charge in [0, 0.05) is 12.4 Å². The summed E-state index contributed by atoms with van der Waals surface area (Å²) in [6.07, 6.45) is 3.69. The third-order valence-corrected chi connectivity index (χ3v) is 2.65. The maximum atomic E-state index is 9.08. The van der Waals surface area contributed by atoms with Gasteiger partial charge in [-0.05, 0) is 22.9 Å². The van der Waals surface area contributed by atoms with Crippen LogP contribution < -0.4 is 4.74 Å². The minimum atomic E-state index is 0.444. The van der Waals surface area contributed by atoms with Crippen molar-refractivity contribution in [3.8, 4) is 11.8 Å². The van der Waals surface area contributed by atoms with E-state index < -0.39 is 0 Å². The van der Waals surface area contributed by atoms with Crippen molar-refractivity contribution in [1.82, 2.24) is 9.38 Å². The second kappa shape index (κ2) is 3.55. The Kier molecular flexibility index (Phi) is 2.37. The molecule has 0 unspecified atom stereocenters. The molecule has 76 valence electrons. The van der Waals surface area contributed by atoms with E-state index in [1.54, 1.807) is 4.40 Å². The van der Waals surface area contributed by atoms with Crippen LogP contribution >= 0.6 is 15.9 Å². The normalized spacial score (nSPS) is 10.3. The van der Waals surface area contributed by atoms with Crippen LogP contribution in [0.5, 0.6) is 5.75 Å². The average Bonchev–Trinajstić information content (AvgIpc) is 2.55. The molecule has 0 spiro atoms. The maximum absolute atomic E-state index is 9.08. The number of halogens is 1. The number of fused-ring (bicyclic) bond motifs is 1. The number of ether oxygens (including phenoxy) is 1. The van der Waals surface area contributed by atoms with Crippen molar-refractivity contribution in [2.45, 2.75) is 6.92 Å². The number of methoxy groups -OCH3 is 1. The summed E-state index contributed by atoms with van der Waals surface area (Å²) >= 11 is 3.35. The van der Waals surface area contributed by atoms with Gasteiger partial charge in [-0.25, -0.2) is 4.98 Å². The summed E-state index contributed by atoms with van der Waals surface area (Å²) in [5.74, 6) is 0.524. The topological polar surface area (TPSA) is 50.3 Å². The molecule has 0 fully saturated rings. The fraction of sp³-hybridized carbons (Fsp3) is 0.200. The first-order valence-electron chi connectivity index (χ1n) is 4.29. The quantitative estimate of drug-likeness (QED) is 0.795. The lowest BCUT2D eigenvalue weighted by atomic mass is 10.2. The Morgan fingerprint density at radius 3 is 2.87 bits per heavy atom. The first-order chi connectivity index (χ1) is 7.17. The molecule has 2 heterocycles. The molecule has 2 rings (SSSR count). The van der Waals surface area contributed by atoms with E-state index in [0.29, 0.717) is 17.0 Å². The first kappa shape index (κ1) is 9.99. The molecule has 15 heavy (non-hydrogen) atoms. The van der Waals surface area contributed by atoms with Crippen molar-refractivity contribution in [3.63, 3.8) is 0 Å². The zero-order valence-electron chi connectivity index (χ0n) is 8.28. The second-order valence-electron chi connectivity index (χ2n) is 3.11. The maximum Gasteiger partial charge on any atom is 0.158 e. The van der Waals surface area contributed by atoms with Gasteiger partial charge in [0.2, 0.25) is 0 Å². The Hall–Kier alpha value is -1.54. The molecule has 2 aromatic rings. The van der Waals surface area contributed by atoms with Crippen molar-refractivity contribution < 1.29 is 4.74 Å². The standard InChI is InChI=1S/C10H8BrN3O/c1-6-4-14-5-8(11)9(15-2)7(3-12)10(14)13-6/h4-5H,1-2H3. The van der Waals surface area contributed by atoms with Gasteiger partial charge < -0.3 is 9.14 Å². The number of pyridine rings is 1. The predicted octanol–water partition coefficient (Wildman–Crippen LogP) is 2.29. The van der Waals surface area contributed by atoms with Gasteiger partial charge in [-0.2, -0.15) is 5.26 Å². The zero-order chi connectivity index (χ0) is 11.0. The smallest absolute Gasteiger partial charge is 0.158 e. The van der Waals surface area contributed by atoms with E-state index in [0.717, 1.165) is 10.2 Å². The van der Waals surface area contributed by atoms with E-state index in [-0.39, 0.29) is 0 Å². The molecule has 0 bridgehead atoms. The summed E-state index contributed by atoms with van der Waals surface area (Å²) in [5.41, 5.74) is 1.93. The minimum absolute atomic E-state index is 0.444. The average molecular weight is 266 g/mol. The number of aromatic nitrogens is 2. The van der Waals surface area contributed by atoms with E-state index in [2.05, 4.69) is 27.0 Å². The molecule has 0 saturated carbocycles. The molecule has 0 aliphatic carbocycles.